The zero-order chi connectivity index (χ0) is 20.0. The van der Waals surface area contributed by atoms with Gasteiger partial charge in [-0.15, -0.1) is 0 Å². The van der Waals surface area contributed by atoms with Crippen molar-refractivity contribution >= 4 is 44.9 Å². The number of benzene rings is 2. The topological polar surface area (TPSA) is 21.7 Å². The molecular formula is C26H24N3+. The summed E-state index contributed by atoms with van der Waals surface area (Å²) in [4.78, 5) is 4.91. The molecule has 3 heterocycles. The summed E-state index contributed by atoms with van der Waals surface area (Å²) in [7, 11) is 2.08. The Labute approximate surface area is 170 Å². The van der Waals surface area contributed by atoms with Gasteiger partial charge in [0.1, 0.15) is 7.05 Å². The van der Waals surface area contributed by atoms with Crippen molar-refractivity contribution in [2.45, 2.75) is 20.4 Å². The van der Waals surface area contributed by atoms with E-state index in [-0.39, 0.29) is 0 Å². The third-order valence-corrected chi connectivity index (χ3v) is 5.76. The average molecular weight is 378 g/mol. The monoisotopic (exact) mass is 378 g/mol. The van der Waals surface area contributed by atoms with E-state index < -0.39 is 0 Å². The molecular weight excluding hydrogens is 354 g/mol. The molecule has 0 spiro atoms. The normalized spacial score (nSPS) is 12.0. The second-order valence-electron chi connectivity index (χ2n) is 7.52. The molecule has 3 aromatic heterocycles. The predicted octanol–water partition coefficient (Wildman–Crippen LogP) is 5.67. The van der Waals surface area contributed by atoms with E-state index in [1.165, 1.54) is 38.3 Å². The number of fused-ring (bicyclic) bond motifs is 4. The Morgan fingerprint density at radius 1 is 0.931 bits per heavy atom. The van der Waals surface area contributed by atoms with E-state index in [9.17, 15) is 0 Å². The fraction of sp³-hybridized carbons (Fsp3) is 0.154. The van der Waals surface area contributed by atoms with Crippen molar-refractivity contribution in [3.05, 3.63) is 83.8 Å². The van der Waals surface area contributed by atoms with Crippen molar-refractivity contribution in [2.24, 2.45) is 7.05 Å². The summed E-state index contributed by atoms with van der Waals surface area (Å²) < 4.78 is 4.52. The molecule has 0 amide bonds. The molecule has 5 aromatic rings. The van der Waals surface area contributed by atoms with Crippen LogP contribution in [0.1, 0.15) is 23.9 Å². The number of para-hydroxylation sites is 2. The van der Waals surface area contributed by atoms with Crippen LogP contribution in [-0.4, -0.2) is 9.55 Å². The summed E-state index contributed by atoms with van der Waals surface area (Å²) in [5.74, 6) is 0. The molecule has 0 aliphatic rings. The summed E-state index contributed by atoms with van der Waals surface area (Å²) in [6.07, 6.45) is 6.42. The van der Waals surface area contributed by atoms with E-state index in [1.807, 2.05) is 0 Å². The summed E-state index contributed by atoms with van der Waals surface area (Å²) >= 11 is 0. The lowest BCUT2D eigenvalue weighted by Gasteiger charge is -2.06. The van der Waals surface area contributed by atoms with Crippen LogP contribution in [0.2, 0.25) is 0 Å². The molecule has 0 N–H and O–H groups in total. The molecule has 0 saturated carbocycles. The van der Waals surface area contributed by atoms with Gasteiger partial charge in [0.15, 0.2) is 6.20 Å². The predicted molar refractivity (Wildman–Crippen MR) is 122 cm³/mol. The molecule has 2 aromatic carbocycles. The van der Waals surface area contributed by atoms with Crippen molar-refractivity contribution in [1.29, 1.82) is 0 Å². The molecule has 29 heavy (non-hydrogen) atoms. The number of hydrogen-bond donors (Lipinski definition) is 0. The van der Waals surface area contributed by atoms with Crippen LogP contribution in [0, 0.1) is 6.92 Å². The molecule has 0 bridgehead atoms. The zero-order valence-electron chi connectivity index (χ0n) is 17.1. The van der Waals surface area contributed by atoms with Crippen molar-refractivity contribution in [3.8, 4) is 0 Å². The van der Waals surface area contributed by atoms with E-state index in [1.54, 1.807) is 0 Å². The quantitative estimate of drug-likeness (QED) is 0.371. The van der Waals surface area contributed by atoms with Crippen LogP contribution < -0.4 is 4.57 Å². The SMILES string of the molecule is CCn1c2ccccc2c2cc(/C=C/c3cc[n+](C)c4ccccc34)nc(C)c21. The lowest BCUT2D eigenvalue weighted by Crippen LogP contribution is -2.28. The van der Waals surface area contributed by atoms with Gasteiger partial charge < -0.3 is 4.57 Å². The van der Waals surface area contributed by atoms with Crippen LogP contribution in [0.5, 0.6) is 0 Å². The Morgan fingerprint density at radius 3 is 2.52 bits per heavy atom. The Morgan fingerprint density at radius 2 is 1.69 bits per heavy atom. The molecule has 5 rings (SSSR count). The highest BCUT2D eigenvalue weighted by atomic mass is 15.0. The third kappa shape index (κ3) is 2.82. The van der Waals surface area contributed by atoms with E-state index in [2.05, 4.69) is 109 Å². The van der Waals surface area contributed by atoms with E-state index >= 15 is 0 Å². The van der Waals surface area contributed by atoms with Gasteiger partial charge in [-0.1, -0.05) is 36.4 Å². The van der Waals surface area contributed by atoms with Gasteiger partial charge in [0.2, 0.25) is 5.52 Å². The van der Waals surface area contributed by atoms with Crippen LogP contribution in [0.25, 0.3) is 44.9 Å². The Kier molecular flexibility index (Phi) is 4.17. The molecule has 0 aliphatic heterocycles. The first-order valence-electron chi connectivity index (χ1n) is 10.1. The minimum absolute atomic E-state index is 0.939. The van der Waals surface area contributed by atoms with Gasteiger partial charge in [-0.2, -0.15) is 0 Å². The second kappa shape index (κ2) is 6.85. The summed E-state index contributed by atoms with van der Waals surface area (Å²) in [6.45, 7) is 5.25. The Bertz CT molecular complexity index is 1410. The number of nitrogens with zero attached hydrogens (tertiary/aromatic N) is 3. The first-order valence-corrected chi connectivity index (χ1v) is 10.1. The standard InChI is InChI=1S/C26H24N3/c1-4-29-25-12-8-6-10-22(25)23-17-20(27-18(2)26(23)29)14-13-19-15-16-28(3)24-11-7-5-9-21(19)24/h5-17H,4H2,1-3H3/q+1. The first kappa shape index (κ1) is 17.6. The van der Waals surface area contributed by atoms with E-state index in [0.29, 0.717) is 0 Å². The van der Waals surface area contributed by atoms with E-state index in [4.69, 9.17) is 4.98 Å². The molecule has 3 heteroatoms. The van der Waals surface area contributed by atoms with Crippen LogP contribution in [0.3, 0.4) is 0 Å². The zero-order valence-corrected chi connectivity index (χ0v) is 17.1. The van der Waals surface area contributed by atoms with Gasteiger partial charge in [0.25, 0.3) is 0 Å². The van der Waals surface area contributed by atoms with Crippen molar-refractivity contribution in [1.82, 2.24) is 9.55 Å². The maximum absolute atomic E-state index is 4.91. The first-order chi connectivity index (χ1) is 14.2. The highest BCUT2D eigenvalue weighted by Crippen LogP contribution is 2.31. The summed E-state index contributed by atoms with van der Waals surface area (Å²) in [5, 5.41) is 3.81. The molecule has 0 saturated heterocycles. The largest absolute Gasteiger partial charge is 0.339 e. The number of pyridine rings is 2. The van der Waals surface area contributed by atoms with Crippen LogP contribution in [0.4, 0.5) is 0 Å². The fourth-order valence-electron chi connectivity index (χ4n) is 4.42. The van der Waals surface area contributed by atoms with Crippen molar-refractivity contribution in [2.75, 3.05) is 0 Å². The Hall–Kier alpha value is -3.46. The van der Waals surface area contributed by atoms with Crippen LogP contribution in [-0.2, 0) is 13.6 Å². The smallest absolute Gasteiger partial charge is 0.212 e. The molecule has 0 atom stereocenters. The number of aryl methyl sites for hydroxylation is 3. The second-order valence-corrected chi connectivity index (χ2v) is 7.52. The lowest BCUT2D eigenvalue weighted by atomic mass is 10.1. The van der Waals surface area contributed by atoms with Gasteiger partial charge in [0, 0.05) is 35.0 Å². The molecule has 3 nitrogen and oxygen atoms in total. The van der Waals surface area contributed by atoms with Crippen LogP contribution >= 0.6 is 0 Å². The van der Waals surface area contributed by atoms with Gasteiger partial charge in [-0.25, -0.2) is 4.57 Å². The average Bonchev–Trinajstić information content (AvgIpc) is 3.08. The number of hydrogen-bond acceptors (Lipinski definition) is 1. The molecule has 0 fully saturated rings. The number of aromatic nitrogens is 3. The van der Waals surface area contributed by atoms with E-state index in [0.717, 1.165) is 17.9 Å². The third-order valence-electron chi connectivity index (χ3n) is 5.76. The minimum Gasteiger partial charge on any atom is -0.339 e. The summed E-state index contributed by atoms with van der Waals surface area (Å²) in [5.41, 5.74) is 7.01. The Balaban J connectivity index is 1.67. The molecule has 0 unspecified atom stereocenters. The maximum Gasteiger partial charge on any atom is 0.212 e. The van der Waals surface area contributed by atoms with Gasteiger partial charge in [-0.05, 0) is 43.7 Å². The van der Waals surface area contributed by atoms with Gasteiger partial charge >= 0.3 is 0 Å². The maximum atomic E-state index is 4.91. The number of rotatable bonds is 3. The van der Waals surface area contributed by atoms with Crippen molar-refractivity contribution < 1.29 is 4.57 Å². The van der Waals surface area contributed by atoms with Crippen LogP contribution in [0.15, 0.2) is 66.9 Å². The summed E-state index contributed by atoms with van der Waals surface area (Å²) in [6, 6.07) is 21.5. The minimum atomic E-state index is 0.939. The highest BCUT2D eigenvalue weighted by molar-refractivity contribution is 6.09. The van der Waals surface area contributed by atoms with Crippen molar-refractivity contribution in [3.63, 3.8) is 0 Å². The molecule has 142 valence electrons. The molecule has 0 radical (unpaired) electrons. The lowest BCUT2D eigenvalue weighted by molar-refractivity contribution is -0.644. The van der Waals surface area contributed by atoms with Gasteiger partial charge in [0.05, 0.1) is 22.3 Å². The van der Waals surface area contributed by atoms with Gasteiger partial charge in [-0.3, -0.25) is 4.98 Å². The highest BCUT2D eigenvalue weighted by Gasteiger charge is 2.13. The molecule has 0 aliphatic carbocycles. The fourth-order valence-corrected chi connectivity index (χ4v) is 4.42.